The maximum absolute atomic E-state index is 8.83. The molecule has 0 saturated carbocycles. The van der Waals surface area contributed by atoms with Gasteiger partial charge in [0.15, 0.2) is 0 Å². The molecule has 1 N–H and O–H groups in total. The summed E-state index contributed by atoms with van der Waals surface area (Å²) in [6.45, 7) is 3.47. The van der Waals surface area contributed by atoms with Gasteiger partial charge in [0.2, 0.25) is 0 Å². The van der Waals surface area contributed by atoms with Crippen LogP contribution in [-0.4, -0.2) is 16.6 Å². The third kappa shape index (κ3) is 1.36. The Morgan fingerprint density at radius 2 is 2.00 bits per heavy atom. The van der Waals surface area contributed by atoms with Crippen molar-refractivity contribution in [2.75, 3.05) is 11.5 Å². The van der Waals surface area contributed by atoms with Crippen LogP contribution >= 0.6 is 21.6 Å². The monoisotopic (exact) mass is 148 g/mol. The van der Waals surface area contributed by atoms with Gasteiger partial charge in [-0.25, -0.2) is 0 Å². The lowest BCUT2D eigenvalue weighted by molar-refractivity contribution is 0.360. The average Bonchev–Trinajstić information content (AvgIpc) is 2.12. The van der Waals surface area contributed by atoms with E-state index in [9.17, 15) is 0 Å². The normalized spacial score (nSPS) is 21.5. The predicted octanol–water partition coefficient (Wildman–Crippen LogP) is 2.07. The second-order valence-electron chi connectivity index (χ2n) is 1.76. The SMILES string of the molecule is C=C(O)C1CSSC1. The molecule has 0 aliphatic carbocycles. The molecular formula is C5H8OS2. The summed E-state index contributed by atoms with van der Waals surface area (Å²) < 4.78 is 0. The Hall–Kier alpha value is 0.240. The molecule has 0 aromatic rings. The van der Waals surface area contributed by atoms with Gasteiger partial charge in [0.1, 0.15) is 0 Å². The van der Waals surface area contributed by atoms with E-state index in [1.165, 1.54) is 0 Å². The van der Waals surface area contributed by atoms with E-state index in [1.807, 2.05) is 0 Å². The largest absolute Gasteiger partial charge is 0.513 e. The zero-order valence-corrected chi connectivity index (χ0v) is 6.10. The van der Waals surface area contributed by atoms with Gasteiger partial charge in [0.25, 0.3) is 0 Å². The molecule has 0 bridgehead atoms. The molecule has 0 aromatic carbocycles. The van der Waals surface area contributed by atoms with Crippen LogP contribution in [0.5, 0.6) is 0 Å². The average molecular weight is 148 g/mol. The second-order valence-corrected chi connectivity index (χ2v) is 4.31. The van der Waals surface area contributed by atoms with Crippen molar-refractivity contribution in [3.8, 4) is 0 Å². The van der Waals surface area contributed by atoms with E-state index in [4.69, 9.17) is 5.11 Å². The van der Waals surface area contributed by atoms with Crippen molar-refractivity contribution >= 4 is 21.6 Å². The molecular weight excluding hydrogens is 140 g/mol. The zero-order valence-electron chi connectivity index (χ0n) is 4.46. The lowest BCUT2D eigenvalue weighted by atomic mass is 10.2. The third-order valence-electron chi connectivity index (χ3n) is 1.09. The van der Waals surface area contributed by atoms with Crippen molar-refractivity contribution in [3.05, 3.63) is 12.3 Å². The van der Waals surface area contributed by atoms with E-state index in [1.54, 1.807) is 21.6 Å². The number of aliphatic hydroxyl groups excluding tert-OH is 1. The van der Waals surface area contributed by atoms with Gasteiger partial charge in [0, 0.05) is 17.4 Å². The highest BCUT2D eigenvalue weighted by atomic mass is 33.1. The second kappa shape index (κ2) is 2.69. The quantitative estimate of drug-likeness (QED) is 0.454. The van der Waals surface area contributed by atoms with Crippen molar-refractivity contribution in [2.24, 2.45) is 5.92 Å². The lowest BCUT2D eigenvalue weighted by Gasteiger charge is -2.01. The molecule has 0 amide bonds. The van der Waals surface area contributed by atoms with Gasteiger partial charge in [-0.15, -0.1) is 0 Å². The van der Waals surface area contributed by atoms with Crippen molar-refractivity contribution in [2.45, 2.75) is 0 Å². The van der Waals surface area contributed by atoms with Crippen LogP contribution < -0.4 is 0 Å². The van der Waals surface area contributed by atoms with Gasteiger partial charge in [-0.05, 0) is 0 Å². The lowest BCUT2D eigenvalue weighted by Crippen LogP contribution is -2.02. The highest BCUT2D eigenvalue weighted by Gasteiger charge is 2.18. The molecule has 3 heteroatoms. The third-order valence-corrected chi connectivity index (χ3v) is 3.65. The first-order chi connectivity index (χ1) is 3.80. The summed E-state index contributed by atoms with van der Waals surface area (Å²) in [5.74, 6) is 2.76. The van der Waals surface area contributed by atoms with E-state index in [0.29, 0.717) is 11.7 Å². The Morgan fingerprint density at radius 3 is 2.25 bits per heavy atom. The first-order valence-electron chi connectivity index (χ1n) is 2.43. The highest BCUT2D eigenvalue weighted by molar-refractivity contribution is 8.77. The first kappa shape index (κ1) is 6.36. The Kier molecular flexibility index (Phi) is 2.14. The summed E-state index contributed by atoms with van der Waals surface area (Å²) in [4.78, 5) is 0. The maximum Gasteiger partial charge on any atom is 0.0899 e. The first-order valence-corrected chi connectivity index (χ1v) is 4.91. The van der Waals surface area contributed by atoms with Gasteiger partial charge in [0.05, 0.1) is 5.76 Å². The molecule has 46 valence electrons. The van der Waals surface area contributed by atoms with Crippen LogP contribution in [0.25, 0.3) is 0 Å². The maximum atomic E-state index is 8.83. The molecule has 0 spiro atoms. The summed E-state index contributed by atoms with van der Waals surface area (Å²) in [5.41, 5.74) is 0. The minimum Gasteiger partial charge on any atom is -0.513 e. The molecule has 1 nitrogen and oxygen atoms in total. The molecule has 1 aliphatic heterocycles. The van der Waals surface area contributed by atoms with Crippen molar-refractivity contribution in [1.29, 1.82) is 0 Å². The molecule has 0 aromatic heterocycles. The minimum absolute atomic E-state index is 0.350. The van der Waals surface area contributed by atoms with Gasteiger partial charge in [-0.1, -0.05) is 28.2 Å². The number of hydrogen-bond donors (Lipinski definition) is 1. The molecule has 1 aliphatic rings. The van der Waals surface area contributed by atoms with E-state index < -0.39 is 0 Å². The van der Waals surface area contributed by atoms with Crippen molar-refractivity contribution < 1.29 is 5.11 Å². The molecule has 1 heterocycles. The van der Waals surface area contributed by atoms with Crippen LogP contribution in [0.15, 0.2) is 12.3 Å². The van der Waals surface area contributed by atoms with Gasteiger partial charge in [-0.2, -0.15) is 0 Å². The summed E-state index contributed by atoms with van der Waals surface area (Å²) in [7, 11) is 3.61. The van der Waals surface area contributed by atoms with E-state index >= 15 is 0 Å². The molecule has 1 fully saturated rings. The van der Waals surface area contributed by atoms with Crippen LogP contribution in [0.4, 0.5) is 0 Å². The Balaban J connectivity index is 2.35. The summed E-state index contributed by atoms with van der Waals surface area (Å²) in [6.07, 6.45) is 0. The van der Waals surface area contributed by atoms with Gasteiger partial charge >= 0.3 is 0 Å². The van der Waals surface area contributed by atoms with Crippen molar-refractivity contribution in [1.82, 2.24) is 0 Å². The molecule has 1 rings (SSSR count). The van der Waals surface area contributed by atoms with Crippen molar-refractivity contribution in [3.63, 3.8) is 0 Å². The van der Waals surface area contributed by atoms with Crippen LogP contribution in [-0.2, 0) is 0 Å². The fraction of sp³-hybridized carbons (Fsp3) is 0.600. The zero-order chi connectivity index (χ0) is 5.98. The number of rotatable bonds is 1. The van der Waals surface area contributed by atoms with E-state index in [0.717, 1.165) is 11.5 Å². The van der Waals surface area contributed by atoms with Gasteiger partial charge in [-0.3, -0.25) is 0 Å². The van der Waals surface area contributed by atoms with E-state index in [2.05, 4.69) is 6.58 Å². The van der Waals surface area contributed by atoms with Gasteiger partial charge < -0.3 is 5.11 Å². The molecule has 0 radical (unpaired) electrons. The van der Waals surface area contributed by atoms with Crippen LogP contribution in [0.1, 0.15) is 0 Å². The summed E-state index contributed by atoms with van der Waals surface area (Å²) >= 11 is 0. The fourth-order valence-electron chi connectivity index (χ4n) is 0.501. The Labute approximate surface area is 56.9 Å². The van der Waals surface area contributed by atoms with Crippen LogP contribution in [0.2, 0.25) is 0 Å². The Morgan fingerprint density at radius 1 is 1.50 bits per heavy atom. The summed E-state index contributed by atoms with van der Waals surface area (Å²) in [6, 6.07) is 0. The molecule has 0 atom stereocenters. The molecule has 0 unspecified atom stereocenters. The van der Waals surface area contributed by atoms with Crippen LogP contribution in [0, 0.1) is 5.92 Å². The smallest absolute Gasteiger partial charge is 0.0899 e. The number of hydrogen-bond acceptors (Lipinski definition) is 3. The number of aliphatic hydroxyl groups is 1. The minimum atomic E-state index is 0.350. The predicted molar refractivity (Wildman–Crippen MR) is 40.2 cm³/mol. The molecule has 8 heavy (non-hydrogen) atoms. The standard InChI is InChI=1S/C5H8OS2/c1-4(6)5-2-7-8-3-5/h5-6H,1-3H2. The highest BCUT2D eigenvalue weighted by Crippen LogP contribution is 2.36. The topological polar surface area (TPSA) is 20.2 Å². The Bertz CT molecular complexity index is 96.6. The molecule has 1 saturated heterocycles. The summed E-state index contributed by atoms with van der Waals surface area (Å²) in [5, 5.41) is 8.83. The number of allylic oxidation sites excluding steroid dienone is 1. The van der Waals surface area contributed by atoms with E-state index in [-0.39, 0.29) is 0 Å². The van der Waals surface area contributed by atoms with Crippen LogP contribution in [0.3, 0.4) is 0 Å². The fourth-order valence-corrected chi connectivity index (χ4v) is 3.35.